The number of hydrogen-bond donors (Lipinski definition) is 1. The van der Waals surface area contributed by atoms with E-state index in [9.17, 15) is 0 Å². The highest BCUT2D eigenvalue weighted by Gasteiger charge is 2.40. The smallest absolute Gasteiger partial charge is 0.124 e. The first-order valence-corrected chi connectivity index (χ1v) is 7.09. The van der Waals surface area contributed by atoms with E-state index in [1.54, 1.807) is 0 Å². The van der Waals surface area contributed by atoms with Gasteiger partial charge in [-0.2, -0.15) is 0 Å². The molecule has 100 valence electrons. The molecule has 0 aliphatic heterocycles. The van der Waals surface area contributed by atoms with Crippen LogP contribution in [0.15, 0.2) is 24.3 Å². The first-order valence-electron chi connectivity index (χ1n) is 7.09. The molecule has 0 saturated heterocycles. The number of para-hydroxylation sites is 1. The van der Waals surface area contributed by atoms with Crippen LogP contribution in [-0.2, 0) is 5.54 Å². The van der Waals surface area contributed by atoms with E-state index in [4.69, 9.17) is 10.5 Å². The molecule has 1 aliphatic carbocycles. The zero-order valence-electron chi connectivity index (χ0n) is 11.8. The van der Waals surface area contributed by atoms with Gasteiger partial charge in [0.2, 0.25) is 0 Å². The van der Waals surface area contributed by atoms with Crippen LogP contribution < -0.4 is 10.5 Å². The van der Waals surface area contributed by atoms with Gasteiger partial charge in [-0.1, -0.05) is 38.5 Å². The third kappa shape index (κ3) is 2.39. The van der Waals surface area contributed by atoms with Crippen molar-refractivity contribution in [1.82, 2.24) is 0 Å². The molecule has 0 heterocycles. The Hall–Kier alpha value is -1.02. The van der Waals surface area contributed by atoms with Gasteiger partial charge in [-0.05, 0) is 37.7 Å². The summed E-state index contributed by atoms with van der Waals surface area (Å²) < 4.78 is 5.76. The second-order valence-corrected chi connectivity index (χ2v) is 5.76. The van der Waals surface area contributed by atoms with Crippen molar-refractivity contribution in [3.05, 3.63) is 29.8 Å². The first kappa shape index (κ1) is 13.4. The van der Waals surface area contributed by atoms with E-state index >= 15 is 0 Å². The van der Waals surface area contributed by atoms with Gasteiger partial charge in [-0.25, -0.2) is 0 Å². The molecule has 3 unspecified atom stereocenters. The monoisotopic (exact) mass is 247 g/mol. The maximum atomic E-state index is 6.77. The van der Waals surface area contributed by atoms with Crippen LogP contribution >= 0.6 is 0 Å². The van der Waals surface area contributed by atoms with Gasteiger partial charge in [-0.15, -0.1) is 0 Å². The standard InChI is InChI=1S/C16H25NO/c1-4-18-15-8-6-5-7-14(15)16(17)11-12(2)9-10-13(16)3/h5-8,12-13H,4,9-11,17H2,1-3H3. The van der Waals surface area contributed by atoms with Gasteiger partial charge >= 0.3 is 0 Å². The summed E-state index contributed by atoms with van der Waals surface area (Å²) in [4.78, 5) is 0. The van der Waals surface area contributed by atoms with E-state index in [1.165, 1.54) is 18.4 Å². The van der Waals surface area contributed by atoms with Crippen LogP contribution in [0.2, 0.25) is 0 Å². The molecule has 2 nitrogen and oxygen atoms in total. The molecule has 2 rings (SSSR count). The van der Waals surface area contributed by atoms with Crippen LogP contribution in [0.3, 0.4) is 0 Å². The summed E-state index contributed by atoms with van der Waals surface area (Å²) in [5, 5.41) is 0. The van der Waals surface area contributed by atoms with Crippen LogP contribution in [0.25, 0.3) is 0 Å². The van der Waals surface area contributed by atoms with Gasteiger partial charge in [0.25, 0.3) is 0 Å². The summed E-state index contributed by atoms with van der Waals surface area (Å²) >= 11 is 0. The largest absolute Gasteiger partial charge is 0.494 e. The highest BCUT2D eigenvalue weighted by atomic mass is 16.5. The maximum absolute atomic E-state index is 6.77. The molecular weight excluding hydrogens is 222 g/mol. The van der Waals surface area contributed by atoms with E-state index in [0.717, 1.165) is 12.2 Å². The van der Waals surface area contributed by atoms with E-state index in [-0.39, 0.29) is 5.54 Å². The summed E-state index contributed by atoms with van der Waals surface area (Å²) in [6.07, 6.45) is 3.55. The predicted molar refractivity (Wildman–Crippen MR) is 75.7 cm³/mol. The van der Waals surface area contributed by atoms with E-state index in [1.807, 2.05) is 19.1 Å². The first-order chi connectivity index (χ1) is 8.58. The molecule has 3 atom stereocenters. The fourth-order valence-corrected chi connectivity index (χ4v) is 3.18. The highest BCUT2D eigenvalue weighted by Crippen LogP contribution is 2.44. The lowest BCUT2D eigenvalue weighted by Gasteiger charge is -2.43. The third-order valence-corrected chi connectivity index (χ3v) is 4.35. The molecular formula is C16H25NO. The molecule has 0 amide bonds. The molecule has 1 aromatic carbocycles. The Morgan fingerprint density at radius 2 is 2.00 bits per heavy atom. The summed E-state index contributed by atoms with van der Waals surface area (Å²) in [7, 11) is 0. The number of rotatable bonds is 3. The lowest BCUT2D eigenvalue weighted by atomic mass is 9.67. The molecule has 2 N–H and O–H groups in total. The fourth-order valence-electron chi connectivity index (χ4n) is 3.18. The number of benzene rings is 1. The van der Waals surface area contributed by atoms with Crippen molar-refractivity contribution in [2.24, 2.45) is 17.6 Å². The average Bonchev–Trinajstić information content (AvgIpc) is 2.35. The second kappa shape index (κ2) is 5.31. The molecule has 18 heavy (non-hydrogen) atoms. The van der Waals surface area contributed by atoms with E-state index < -0.39 is 0 Å². The highest BCUT2D eigenvalue weighted by molar-refractivity contribution is 5.40. The van der Waals surface area contributed by atoms with Gasteiger partial charge in [0.1, 0.15) is 5.75 Å². The summed E-state index contributed by atoms with van der Waals surface area (Å²) in [6, 6.07) is 8.27. The molecule has 1 saturated carbocycles. The zero-order valence-corrected chi connectivity index (χ0v) is 11.8. The van der Waals surface area contributed by atoms with E-state index in [2.05, 4.69) is 26.0 Å². The van der Waals surface area contributed by atoms with Crippen molar-refractivity contribution < 1.29 is 4.74 Å². The minimum Gasteiger partial charge on any atom is -0.494 e. The quantitative estimate of drug-likeness (QED) is 0.884. The lowest BCUT2D eigenvalue weighted by molar-refractivity contribution is 0.157. The van der Waals surface area contributed by atoms with Crippen LogP contribution in [-0.4, -0.2) is 6.61 Å². The number of ether oxygens (including phenoxy) is 1. The van der Waals surface area contributed by atoms with Crippen LogP contribution in [0.5, 0.6) is 5.75 Å². The molecule has 0 radical (unpaired) electrons. The molecule has 1 aromatic rings. The second-order valence-electron chi connectivity index (χ2n) is 5.76. The Bertz CT molecular complexity index is 404. The minimum absolute atomic E-state index is 0.233. The van der Waals surface area contributed by atoms with Crippen molar-refractivity contribution in [2.75, 3.05) is 6.61 Å². The SMILES string of the molecule is CCOc1ccccc1C1(N)CC(C)CCC1C. The van der Waals surface area contributed by atoms with E-state index in [0.29, 0.717) is 18.4 Å². The van der Waals surface area contributed by atoms with Crippen molar-refractivity contribution in [3.8, 4) is 5.75 Å². The van der Waals surface area contributed by atoms with Gasteiger partial charge in [0.05, 0.1) is 6.61 Å². The molecule has 1 aliphatic rings. The predicted octanol–water partition coefficient (Wildman–Crippen LogP) is 3.70. The van der Waals surface area contributed by atoms with Crippen molar-refractivity contribution in [3.63, 3.8) is 0 Å². The van der Waals surface area contributed by atoms with Gasteiger partial charge in [-0.3, -0.25) is 0 Å². The fraction of sp³-hybridized carbons (Fsp3) is 0.625. The lowest BCUT2D eigenvalue weighted by Crippen LogP contribution is -2.47. The Kier molecular flexibility index (Phi) is 3.96. The Morgan fingerprint density at radius 3 is 2.72 bits per heavy atom. The van der Waals surface area contributed by atoms with Gasteiger partial charge in [0, 0.05) is 11.1 Å². The molecule has 1 fully saturated rings. The molecule has 0 aromatic heterocycles. The third-order valence-electron chi connectivity index (χ3n) is 4.35. The molecule has 0 spiro atoms. The Balaban J connectivity index is 2.38. The summed E-state index contributed by atoms with van der Waals surface area (Å²) in [5.41, 5.74) is 7.72. The van der Waals surface area contributed by atoms with Crippen LogP contribution in [0, 0.1) is 11.8 Å². The number of nitrogens with two attached hydrogens (primary N) is 1. The van der Waals surface area contributed by atoms with Crippen LogP contribution in [0.1, 0.15) is 45.6 Å². The molecule has 2 heteroatoms. The Labute approximate surface area is 111 Å². The normalized spacial score (nSPS) is 32.2. The van der Waals surface area contributed by atoms with Gasteiger partial charge in [0.15, 0.2) is 0 Å². The van der Waals surface area contributed by atoms with Crippen molar-refractivity contribution in [1.29, 1.82) is 0 Å². The maximum Gasteiger partial charge on any atom is 0.124 e. The topological polar surface area (TPSA) is 35.2 Å². The Morgan fingerprint density at radius 1 is 1.28 bits per heavy atom. The number of hydrogen-bond acceptors (Lipinski definition) is 2. The van der Waals surface area contributed by atoms with Gasteiger partial charge < -0.3 is 10.5 Å². The summed E-state index contributed by atoms with van der Waals surface area (Å²) in [6.45, 7) is 7.29. The minimum atomic E-state index is -0.233. The van der Waals surface area contributed by atoms with Crippen molar-refractivity contribution >= 4 is 0 Å². The van der Waals surface area contributed by atoms with Crippen LogP contribution in [0.4, 0.5) is 0 Å². The summed E-state index contributed by atoms with van der Waals surface area (Å²) in [5.74, 6) is 2.17. The molecule has 0 bridgehead atoms. The van der Waals surface area contributed by atoms with Crippen molar-refractivity contribution in [2.45, 2.75) is 45.6 Å². The average molecular weight is 247 g/mol. The zero-order chi connectivity index (χ0) is 13.2.